The summed E-state index contributed by atoms with van der Waals surface area (Å²) in [5, 5.41) is 2.86. The molecule has 3 rings (SSSR count). The van der Waals surface area contributed by atoms with Crippen LogP contribution in [-0.2, 0) is 21.3 Å². The van der Waals surface area contributed by atoms with Crippen LogP contribution in [0.4, 0.5) is 5.69 Å². The highest BCUT2D eigenvalue weighted by Crippen LogP contribution is 2.30. The Balaban J connectivity index is 2.08. The highest BCUT2D eigenvalue weighted by atomic mass is 32.2. The third-order valence-corrected chi connectivity index (χ3v) is 6.80. The lowest BCUT2D eigenvalue weighted by atomic mass is 10.1. The second kappa shape index (κ2) is 11.0. The van der Waals surface area contributed by atoms with Gasteiger partial charge in [0.2, 0.25) is 0 Å². The molecule has 0 heterocycles. The molecule has 0 aliphatic heterocycles. The third-order valence-electron chi connectivity index (χ3n) is 5.03. The number of nitrogens with zero attached hydrogens (tertiary/aromatic N) is 1. The van der Waals surface area contributed by atoms with E-state index in [4.69, 9.17) is 9.47 Å². The average Bonchev–Trinajstić information content (AvgIpc) is 2.83. The van der Waals surface area contributed by atoms with Crippen LogP contribution in [0.3, 0.4) is 0 Å². The highest BCUT2D eigenvalue weighted by Gasteiger charge is 2.29. The smallest absolute Gasteiger partial charge is 0.264 e. The van der Waals surface area contributed by atoms with Crippen molar-refractivity contribution in [3.05, 3.63) is 90.0 Å². The molecule has 1 amide bonds. The number of hydrogen-bond donors (Lipinski definition) is 1. The number of amides is 1. The Labute approximate surface area is 195 Å². The van der Waals surface area contributed by atoms with Gasteiger partial charge in [-0.05, 0) is 48.9 Å². The number of carbonyl (C=O) groups excluding carboxylic acids is 1. The molecular formula is C25H28N2O5S. The Kier molecular flexibility index (Phi) is 8.08. The summed E-state index contributed by atoms with van der Waals surface area (Å²) in [6, 6.07) is 21.9. The molecule has 0 unspecified atom stereocenters. The van der Waals surface area contributed by atoms with Crippen LogP contribution in [0.5, 0.6) is 5.75 Å². The fourth-order valence-electron chi connectivity index (χ4n) is 3.40. The minimum absolute atomic E-state index is 0.0626. The molecule has 3 aromatic carbocycles. The normalized spacial score (nSPS) is 12.1. The van der Waals surface area contributed by atoms with Crippen molar-refractivity contribution in [1.29, 1.82) is 0 Å². The minimum atomic E-state index is -4.00. The van der Waals surface area contributed by atoms with E-state index < -0.39 is 10.0 Å². The number of hydrogen-bond acceptors (Lipinski definition) is 5. The van der Waals surface area contributed by atoms with Crippen LogP contribution in [0.1, 0.15) is 22.8 Å². The maximum absolute atomic E-state index is 13.8. The summed E-state index contributed by atoms with van der Waals surface area (Å²) in [5.74, 6) is 0.175. The van der Waals surface area contributed by atoms with Gasteiger partial charge in [0.1, 0.15) is 5.75 Å². The number of sulfonamides is 1. The van der Waals surface area contributed by atoms with Gasteiger partial charge in [-0.2, -0.15) is 0 Å². The van der Waals surface area contributed by atoms with Crippen LogP contribution in [0.25, 0.3) is 0 Å². The van der Waals surface area contributed by atoms with Gasteiger partial charge in [-0.15, -0.1) is 0 Å². The zero-order valence-electron chi connectivity index (χ0n) is 18.9. The van der Waals surface area contributed by atoms with Gasteiger partial charge in [0.15, 0.2) is 0 Å². The van der Waals surface area contributed by atoms with Gasteiger partial charge in [-0.1, -0.05) is 42.5 Å². The van der Waals surface area contributed by atoms with E-state index in [0.29, 0.717) is 18.0 Å². The summed E-state index contributed by atoms with van der Waals surface area (Å²) in [4.78, 5) is 13.1. The van der Waals surface area contributed by atoms with Crippen molar-refractivity contribution >= 4 is 21.6 Å². The Morgan fingerprint density at radius 3 is 2.21 bits per heavy atom. The Morgan fingerprint density at radius 1 is 0.939 bits per heavy atom. The second-order valence-electron chi connectivity index (χ2n) is 7.52. The van der Waals surface area contributed by atoms with E-state index in [1.54, 1.807) is 43.5 Å². The SMILES string of the molecule is COC[C@H](C)NC(=O)c1ccccc1N(Cc1ccccc1)S(=O)(=O)c1ccc(OC)cc1. The molecule has 0 aliphatic carbocycles. The van der Waals surface area contributed by atoms with Gasteiger partial charge < -0.3 is 14.8 Å². The lowest BCUT2D eigenvalue weighted by Gasteiger charge is -2.27. The predicted molar refractivity (Wildman–Crippen MR) is 128 cm³/mol. The lowest BCUT2D eigenvalue weighted by Crippen LogP contribution is -2.38. The largest absolute Gasteiger partial charge is 0.497 e. The molecule has 8 heteroatoms. The summed E-state index contributed by atoms with van der Waals surface area (Å²) in [6.07, 6.45) is 0. The van der Waals surface area contributed by atoms with E-state index in [1.807, 2.05) is 37.3 Å². The molecule has 0 spiro atoms. The highest BCUT2D eigenvalue weighted by molar-refractivity contribution is 7.92. The molecular weight excluding hydrogens is 440 g/mol. The third kappa shape index (κ3) is 5.91. The molecule has 0 radical (unpaired) electrons. The van der Waals surface area contributed by atoms with E-state index >= 15 is 0 Å². The van der Waals surface area contributed by atoms with Crippen LogP contribution >= 0.6 is 0 Å². The summed E-state index contributed by atoms with van der Waals surface area (Å²) < 4.78 is 39.1. The van der Waals surface area contributed by atoms with Gasteiger partial charge in [0.25, 0.3) is 15.9 Å². The van der Waals surface area contributed by atoms with Gasteiger partial charge in [0, 0.05) is 13.2 Å². The number of benzene rings is 3. The number of rotatable bonds is 10. The van der Waals surface area contributed by atoms with Crippen molar-refractivity contribution in [1.82, 2.24) is 5.32 Å². The minimum Gasteiger partial charge on any atom is -0.497 e. The van der Waals surface area contributed by atoms with Gasteiger partial charge in [-0.3, -0.25) is 9.10 Å². The van der Waals surface area contributed by atoms with E-state index in [1.165, 1.54) is 23.5 Å². The number of methoxy groups -OCH3 is 2. The van der Waals surface area contributed by atoms with Crippen LogP contribution in [0.2, 0.25) is 0 Å². The number of carbonyl (C=O) groups is 1. The lowest BCUT2D eigenvalue weighted by molar-refractivity contribution is 0.0906. The second-order valence-corrected chi connectivity index (χ2v) is 9.38. The van der Waals surface area contributed by atoms with Crippen molar-refractivity contribution in [2.24, 2.45) is 0 Å². The zero-order valence-corrected chi connectivity index (χ0v) is 19.7. The van der Waals surface area contributed by atoms with Crippen molar-refractivity contribution in [2.75, 3.05) is 25.1 Å². The molecule has 7 nitrogen and oxygen atoms in total. The number of para-hydroxylation sites is 1. The molecule has 0 fully saturated rings. The monoisotopic (exact) mass is 468 g/mol. The average molecular weight is 469 g/mol. The molecule has 33 heavy (non-hydrogen) atoms. The number of nitrogens with one attached hydrogen (secondary N) is 1. The molecule has 1 atom stereocenters. The first-order valence-electron chi connectivity index (χ1n) is 10.5. The van der Waals surface area contributed by atoms with Crippen LogP contribution in [0.15, 0.2) is 83.8 Å². The van der Waals surface area contributed by atoms with Crippen molar-refractivity contribution in [3.63, 3.8) is 0 Å². The molecule has 174 valence electrons. The van der Waals surface area contributed by atoms with E-state index in [2.05, 4.69) is 5.32 Å². The van der Waals surface area contributed by atoms with E-state index in [9.17, 15) is 13.2 Å². The van der Waals surface area contributed by atoms with Crippen molar-refractivity contribution < 1.29 is 22.7 Å². The molecule has 0 aliphatic rings. The molecule has 0 saturated carbocycles. The first kappa shape index (κ1) is 24.3. The van der Waals surface area contributed by atoms with Crippen molar-refractivity contribution in [2.45, 2.75) is 24.4 Å². The van der Waals surface area contributed by atoms with Crippen molar-refractivity contribution in [3.8, 4) is 5.75 Å². The van der Waals surface area contributed by atoms with E-state index in [0.717, 1.165) is 5.56 Å². The zero-order chi connectivity index (χ0) is 23.8. The topological polar surface area (TPSA) is 84.9 Å². The van der Waals surface area contributed by atoms with E-state index in [-0.39, 0.29) is 29.0 Å². The molecule has 0 aromatic heterocycles. The first-order valence-corrected chi connectivity index (χ1v) is 11.9. The Bertz CT molecular complexity index is 1160. The van der Waals surface area contributed by atoms with Crippen LogP contribution in [0, 0.1) is 0 Å². The fraction of sp³-hybridized carbons (Fsp3) is 0.240. The summed E-state index contributed by atoms with van der Waals surface area (Å²) in [7, 11) is -0.925. The summed E-state index contributed by atoms with van der Waals surface area (Å²) in [5.41, 5.74) is 1.34. The first-order chi connectivity index (χ1) is 15.9. The Hall–Kier alpha value is -3.36. The van der Waals surface area contributed by atoms with Crippen LogP contribution < -0.4 is 14.4 Å². The molecule has 3 aromatic rings. The molecule has 1 N–H and O–H groups in total. The molecule has 0 saturated heterocycles. The maximum Gasteiger partial charge on any atom is 0.264 e. The number of ether oxygens (including phenoxy) is 2. The Morgan fingerprint density at radius 2 is 1.58 bits per heavy atom. The maximum atomic E-state index is 13.8. The number of anilines is 1. The quantitative estimate of drug-likeness (QED) is 0.489. The summed E-state index contributed by atoms with van der Waals surface area (Å²) in [6.45, 7) is 2.22. The van der Waals surface area contributed by atoms with Gasteiger partial charge in [-0.25, -0.2) is 8.42 Å². The van der Waals surface area contributed by atoms with Crippen LogP contribution in [-0.4, -0.2) is 41.2 Å². The van der Waals surface area contributed by atoms with Gasteiger partial charge in [0.05, 0.1) is 36.4 Å². The predicted octanol–water partition coefficient (Wildman–Crippen LogP) is 3.86. The standard InChI is InChI=1S/C25H28N2O5S/c1-19(18-31-2)26-25(28)23-11-7-8-12-24(23)27(17-20-9-5-4-6-10-20)33(29,30)22-15-13-21(32-3)14-16-22/h4-16,19H,17-18H2,1-3H3,(H,26,28)/t19-/m0/s1. The van der Waals surface area contributed by atoms with Gasteiger partial charge >= 0.3 is 0 Å². The molecule has 0 bridgehead atoms. The fourth-order valence-corrected chi connectivity index (χ4v) is 4.87. The summed E-state index contributed by atoms with van der Waals surface area (Å²) >= 11 is 0.